The van der Waals surface area contributed by atoms with Gasteiger partial charge in [0.15, 0.2) is 22.3 Å². The summed E-state index contributed by atoms with van der Waals surface area (Å²) in [7, 11) is 2.75. The molecule has 2 aromatic carbocycles. The van der Waals surface area contributed by atoms with Crippen LogP contribution in [0.4, 0.5) is 9.93 Å². The molecular weight excluding hydrogens is 516 g/mol. The highest BCUT2D eigenvalue weighted by Crippen LogP contribution is 2.36. The molecule has 2 N–H and O–H groups in total. The molecule has 5 rings (SSSR count). The molecule has 2 atom stereocenters. The number of hydrogen-bond donors (Lipinski definition) is 2. The molecule has 1 aromatic heterocycles. The molecule has 13 heteroatoms. The number of carbonyl (C=O) groups excluding carboxylic acids is 4. The van der Waals surface area contributed by atoms with Crippen LogP contribution in [0.5, 0.6) is 17.2 Å². The number of amides is 4. The van der Waals surface area contributed by atoms with E-state index in [2.05, 4.69) is 20.4 Å². The number of aromatic nitrogens is 1. The van der Waals surface area contributed by atoms with Crippen LogP contribution in [0, 0.1) is 0 Å². The third-order valence-corrected chi connectivity index (χ3v) is 6.79. The van der Waals surface area contributed by atoms with Crippen molar-refractivity contribution in [3.63, 3.8) is 0 Å². The van der Waals surface area contributed by atoms with Crippen LogP contribution in [0.2, 0.25) is 0 Å². The molecule has 1 unspecified atom stereocenters. The Bertz CT molecular complexity index is 1410. The molecule has 12 nitrogen and oxygen atoms in total. The number of esters is 1. The molecule has 4 amide bonds. The lowest BCUT2D eigenvalue weighted by atomic mass is 10.0. The number of rotatable bonds is 8. The van der Waals surface area contributed by atoms with Gasteiger partial charge in [-0.15, -0.1) is 11.3 Å². The smallest absolute Gasteiger partial charge is 0.357 e. The monoisotopic (exact) mass is 538 g/mol. The average molecular weight is 539 g/mol. The normalized spacial score (nSPS) is 16.7. The minimum atomic E-state index is -1.22. The Morgan fingerprint density at radius 1 is 1.16 bits per heavy atom. The molecule has 0 spiro atoms. The Balaban J connectivity index is 1.42. The second-order valence-electron chi connectivity index (χ2n) is 8.29. The van der Waals surface area contributed by atoms with Crippen molar-refractivity contribution in [2.24, 2.45) is 0 Å². The molecule has 196 valence electrons. The number of fused-ring (bicyclic) bond motifs is 1. The van der Waals surface area contributed by atoms with Crippen LogP contribution in [0.25, 0.3) is 0 Å². The van der Waals surface area contributed by atoms with Crippen LogP contribution in [0.15, 0.2) is 47.8 Å². The van der Waals surface area contributed by atoms with Gasteiger partial charge in [-0.25, -0.2) is 19.5 Å². The Kier molecular flexibility index (Phi) is 6.83. The highest BCUT2D eigenvalue weighted by molar-refractivity contribution is 7.14. The van der Waals surface area contributed by atoms with Crippen LogP contribution in [-0.4, -0.2) is 60.8 Å². The van der Waals surface area contributed by atoms with Gasteiger partial charge in [0.2, 0.25) is 12.7 Å². The second kappa shape index (κ2) is 10.4. The van der Waals surface area contributed by atoms with E-state index >= 15 is 0 Å². The standard InChI is InChI=1S/C25H22N4O8S/c1-34-15-6-3-13(4-7-15)9-17(21(30)28-24-26-16(11-38-24)23(32)35-2)29-22(31)20(27-25(29)33)14-5-8-18-19(10-14)37-12-36-18/h3-8,10-11,17,20H,9,12H2,1-2H3,(H,27,33)(H,26,28,30)/t17-,20?/m0/s1. The summed E-state index contributed by atoms with van der Waals surface area (Å²) in [5.74, 6) is -0.295. The van der Waals surface area contributed by atoms with Gasteiger partial charge < -0.3 is 29.6 Å². The largest absolute Gasteiger partial charge is 0.497 e. The van der Waals surface area contributed by atoms with Crippen molar-refractivity contribution < 1.29 is 38.1 Å². The lowest BCUT2D eigenvalue weighted by Crippen LogP contribution is -2.49. The Morgan fingerprint density at radius 3 is 2.66 bits per heavy atom. The van der Waals surface area contributed by atoms with E-state index in [4.69, 9.17) is 14.2 Å². The molecule has 0 saturated carbocycles. The van der Waals surface area contributed by atoms with Crippen molar-refractivity contribution in [3.8, 4) is 17.2 Å². The van der Waals surface area contributed by atoms with Gasteiger partial charge >= 0.3 is 12.0 Å². The number of hydrogen-bond acceptors (Lipinski definition) is 10. The number of methoxy groups -OCH3 is 2. The zero-order valence-electron chi connectivity index (χ0n) is 20.3. The van der Waals surface area contributed by atoms with E-state index < -0.39 is 35.9 Å². The van der Waals surface area contributed by atoms with Gasteiger partial charge in [0.05, 0.1) is 14.2 Å². The second-order valence-corrected chi connectivity index (χ2v) is 9.15. The Labute approximate surface area is 220 Å². The lowest BCUT2D eigenvalue weighted by Gasteiger charge is -2.24. The van der Waals surface area contributed by atoms with E-state index in [1.54, 1.807) is 42.5 Å². The number of anilines is 1. The Hall–Kier alpha value is -4.65. The molecule has 3 aromatic rings. The fourth-order valence-corrected chi connectivity index (χ4v) is 4.79. The van der Waals surface area contributed by atoms with Crippen molar-refractivity contribution in [3.05, 3.63) is 64.7 Å². The summed E-state index contributed by atoms with van der Waals surface area (Å²) in [6, 6.07) is 8.89. The number of benzene rings is 2. The summed E-state index contributed by atoms with van der Waals surface area (Å²) < 4.78 is 20.5. The van der Waals surface area contributed by atoms with Gasteiger partial charge in [-0.3, -0.25) is 9.59 Å². The molecule has 0 radical (unpaired) electrons. The van der Waals surface area contributed by atoms with E-state index in [1.807, 2.05) is 0 Å². The van der Waals surface area contributed by atoms with E-state index in [-0.39, 0.29) is 24.0 Å². The molecule has 1 fully saturated rings. The van der Waals surface area contributed by atoms with Gasteiger partial charge in [0.25, 0.3) is 5.91 Å². The van der Waals surface area contributed by atoms with Gasteiger partial charge in [-0.05, 0) is 35.4 Å². The number of ether oxygens (including phenoxy) is 4. The molecule has 0 aliphatic carbocycles. The van der Waals surface area contributed by atoms with E-state index in [9.17, 15) is 19.2 Å². The predicted octanol–water partition coefficient (Wildman–Crippen LogP) is 2.51. The molecule has 38 heavy (non-hydrogen) atoms. The van der Waals surface area contributed by atoms with Crippen LogP contribution in [-0.2, 0) is 20.7 Å². The van der Waals surface area contributed by atoms with Gasteiger partial charge in [0, 0.05) is 11.8 Å². The first-order valence-corrected chi connectivity index (χ1v) is 12.3. The molecule has 1 saturated heterocycles. The van der Waals surface area contributed by atoms with Crippen molar-refractivity contribution in [1.82, 2.24) is 15.2 Å². The minimum Gasteiger partial charge on any atom is -0.497 e. The molecule has 2 aliphatic rings. The third kappa shape index (κ3) is 4.83. The SMILES string of the molecule is COC(=O)c1csc(NC(=O)[C@H](Cc2ccc(OC)cc2)N2C(=O)NC(c3ccc4c(c3)OCO4)C2=O)n1. The highest BCUT2D eigenvalue weighted by atomic mass is 32.1. The van der Waals surface area contributed by atoms with Gasteiger partial charge in [-0.1, -0.05) is 18.2 Å². The van der Waals surface area contributed by atoms with Crippen molar-refractivity contribution >= 4 is 40.3 Å². The summed E-state index contributed by atoms with van der Waals surface area (Å²) in [6.45, 7) is 0.0639. The van der Waals surface area contributed by atoms with Crippen molar-refractivity contribution in [1.29, 1.82) is 0 Å². The molecule has 3 heterocycles. The zero-order chi connectivity index (χ0) is 26.8. The summed E-state index contributed by atoms with van der Waals surface area (Å²) in [6.07, 6.45) is 0.0259. The minimum absolute atomic E-state index is 0.0253. The third-order valence-electron chi connectivity index (χ3n) is 6.03. The van der Waals surface area contributed by atoms with Gasteiger partial charge in [0.1, 0.15) is 17.8 Å². The maximum atomic E-state index is 13.5. The fraction of sp³-hybridized carbons (Fsp3) is 0.240. The van der Waals surface area contributed by atoms with Crippen LogP contribution in [0.1, 0.15) is 27.7 Å². The maximum absolute atomic E-state index is 13.5. The number of imide groups is 1. The number of carbonyl (C=O) groups is 4. The first-order valence-electron chi connectivity index (χ1n) is 11.4. The lowest BCUT2D eigenvalue weighted by molar-refractivity contribution is -0.134. The topological polar surface area (TPSA) is 145 Å². The zero-order valence-corrected chi connectivity index (χ0v) is 21.1. The maximum Gasteiger partial charge on any atom is 0.357 e. The quantitative estimate of drug-likeness (QED) is 0.326. The predicted molar refractivity (Wildman–Crippen MR) is 133 cm³/mol. The number of nitrogens with one attached hydrogen (secondary N) is 2. The highest BCUT2D eigenvalue weighted by Gasteiger charge is 2.45. The van der Waals surface area contributed by atoms with E-state index in [1.165, 1.54) is 19.6 Å². The summed E-state index contributed by atoms with van der Waals surface area (Å²) in [4.78, 5) is 56.8. The summed E-state index contributed by atoms with van der Waals surface area (Å²) >= 11 is 1.01. The van der Waals surface area contributed by atoms with Crippen molar-refractivity contribution in [2.75, 3.05) is 26.3 Å². The van der Waals surface area contributed by atoms with Crippen LogP contribution in [0.3, 0.4) is 0 Å². The Morgan fingerprint density at radius 2 is 1.92 bits per heavy atom. The fourth-order valence-electron chi connectivity index (χ4n) is 4.11. The number of nitrogens with zero attached hydrogens (tertiary/aromatic N) is 2. The summed E-state index contributed by atoms with van der Waals surface area (Å²) in [5.41, 5.74) is 1.20. The number of thiazole rings is 1. The average Bonchev–Trinajstić information content (AvgIpc) is 3.66. The van der Waals surface area contributed by atoms with Crippen LogP contribution < -0.4 is 24.8 Å². The first-order chi connectivity index (χ1) is 18.4. The van der Waals surface area contributed by atoms with Crippen molar-refractivity contribution in [2.45, 2.75) is 18.5 Å². The van der Waals surface area contributed by atoms with Gasteiger partial charge in [-0.2, -0.15) is 0 Å². The molecular formula is C25H22N4O8S. The van der Waals surface area contributed by atoms with E-state index in [0.717, 1.165) is 16.2 Å². The van der Waals surface area contributed by atoms with Crippen LogP contribution >= 0.6 is 11.3 Å². The summed E-state index contributed by atoms with van der Waals surface area (Å²) in [5, 5.41) is 6.83. The number of urea groups is 1. The van der Waals surface area contributed by atoms with E-state index in [0.29, 0.717) is 28.4 Å². The first kappa shape index (κ1) is 25.0. The molecule has 2 aliphatic heterocycles. The molecule has 0 bridgehead atoms.